The van der Waals surface area contributed by atoms with Gasteiger partial charge in [-0.15, -0.1) is 0 Å². The molecule has 1 rings (SSSR count). The van der Waals surface area contributed by atoms with E-state index in [4.69, 9.17) is 4.74 Å². The second-order valence-corrected chi connectivity index (χ2v) is 7.77. The zero-order valence-corrected chi connectivity index (χ0v) is 14.5. The molecule has 0 aromatic heterocycles. The van der Waals surface area contributed by atoms with Crippen molar-refractivity contribution in [3.05, 3.63) is 0 Å². The van der Waals surface area contributed by atoms with Crippen molar-refractivity contribution in [3.8, 4) is 0 Å². The Morgan fingerprint density at radius 3 is 2.10 bits per heavy atom. The molecule has 0 aromatic carbocycles. The molecule has 0 radical (unpaired) electrons. The van der Waals surface area contributed by atoms with Crippen LogP contribution in [0.5, 0.6) is 0 Å². The van der Waals surface area contributed by atoms with Gasteiger partial charge in [0, 0.05) is 19.3 Å². The Labute approximate surface area is 128 Å². The fraction of sp³-hybridized carbons (Fsp3) is 0.941. The fourth-order valence-electron chi connectivity index (χ4n) is 3.31. The predicted octanol–water partition coefficient (Wildman–Crippen LogP) is 3.19. The molecule has 0 amide bonds. The third kappa shape index (κ3) is 4.19. The summed E-state index contributed by atoms with van der Waals surface area (Å²) in [4.78, 5) is 12.5. The van der Waals surface area contributed by atoms with Gasteiger partial charge in [0.05, 0.1) is 16.6 Å². The molecule has 1 saturated carbocycles. The van der Waals surface area contributed by atoms with Gasteiger partial charge in [-0.2, -0.15) is 0 Å². The summed E-state index contributed by atoms with van der Waals surface area (Å²) in [6, 6.07) is 0. The highest BCUT2D eigenvalue weighted by Gasteiger charge is 2.53. The van der Waals surface area contributed by atoms with Crippen LogP contribution in [-0.4, -0.2) is 33.0 Å². The minimum atomic E-state index is -1.02. The molecular weight excluding hydrogens is 268 g/mol. The minimum Gasteiger partial charge on any atom is -0.458 e. The molecule has 1 aliphatic rings. The number of hydrogen-bond acceptors (Lipinski definition) is 4. The van der Waals surface area contributed by atoms with E-state index in [1.165, 1.54) is 0 Å². The van der Waals surface area contributed by atoms with Crippen molar-refractivity contribution in [2.24, 2.45) is 5.41 Å². The van der Waals surface area contributed by atoms with Gasteiger partial charge in [-0.05, 0) is 40.0 Å². The molecule has 0 aliphatic heterocycles. The van der Waals surface area contributed by atoms with E-state index in [2.05, 4.69) is 0 Å². The van der Waals surface area contributed by atoms with E-state index in [9.17, 15) is 15.0 Å². The summed E-state index contributed by atoms with van der Waals surface area (Å²) in [5.74, 6) is -0.247. The molecule has 3 unspecified atom stereocenters. The molecule has 0 bridgehead atoms. The molecule has 1 fully saturated rings. The number of rotatable bonds is 5. The largest absolute Gasteiger partial charge is 0.458 e. The van der Waals surface area contributed by atoms with E-state index in [-0.39, 0.29) is 5.97 Å². The summed E-state index contributed by atoms with van der Waals surface area (Å²) in [6.07, 6.45) is 2.93. The fourth-order valence-corrected chi connectivity index (χ4v) is 3.31. The first-order chi connectivity index (χ1) is 9.43. The van der Waals surface area contributed by atoms with Crippen LogP contribution in [0.2, 0.25) is 0 Å². The number of esters is 1. The smallest absolute Gasteiger partial charge is 0.312 e. The maximum absolute atomic E-state index is 12.5. The number of carbonyl (C=O) groups excluding carboxylic acids is 1. The van der Waals surface area contributed by atoms with Crippen molar-refractivity contribution < 1.29 is 19.7 Å². The Bertz CT molecular complexity index is 388. The van der Waals surface area contributed by atoms with Crippen LogP contribution in [0.1, 0.15) is 80.1 Å². The monoisotopic (exact) mass is 300 g/mol. The lowest BCUT2D eigenvalue weighted by Gasteiger charge is -2.50. The van der Waals surface area contributed by atoms with Crippen molar-refractivity contribution in [1.29, 1.82) is 0 Å². The molecule has 21 heavy (non-hydrogen) atoms. The summed E-state index contributed by atoms with van der Waals surface area (Å²) in [7, 11) is 0. The molecule has 124 valence electrons. The molecule has 3 atom stereocenters. The zero-order valence-electron chi connectivity index (χ0n) is 14.5. The van der Waals surface area contributed by atoms with Crippen LogP contribution >= 0.6 is 0 Å². The molecule has 4 nitrogen and oxygen atoms in total. The summed E-state index contributed by atoms with van der Waals surface area (Å²) in [5.41, 5.74) is -3.32. The predicted molar refractivity (Wildman–Crippen MR) is 82.9 cm³/mol. The van der Waals surface area contributed by atoms with Crippen LogP contribution in [0.15, 0.2) is 0 Å². The molecule has 1 aliphatic carbocycles. The Hall–Kier alpha value is -0.610. The SMILES string of the molecule is CCC1(O)CC(C)(O)CC(CC)(OC(=O)C(C)(C)CC)C1. The number of hydrogen-bond donors (Lipinski definition) is 2. The van der Waals surface area contributed by atoms with E-state index in [0.29, 0.717) is 38.5 Å². The lowest BCUT2D eigenvalue weighted by molar-refractivity contribution is -0.208. The Morgan fingerprint density at radius 2 is 1.67 bits per heavy atom. The minimum absolute atomic E-state index is 0.247. The van der Waals surface area contributed by atoms with Crippen molar-refractivity contribution in [3.63, 3.8) is 0 Å². The summed E-state index contributed by atoms with van der Waals surface area (Å²) in [6.45, 7) is 11.3. The van der Waals surface area contributed by atoms with Crippen LogP contribution in [-0.2, 0) is 9.53 Å². The highest BCUT2D eigenvalue weighted by atomic mass is 16.6. The van der Waals surface area contributed by atoms with Crippen molar-refractivity contribution >= 4 is 5.97 Å². The normalized spacial score (nSPS) is 37.3. The van der Waals surface area contributed by atoms with Crippen molar-refractivity contribution in [2.75, 3.05) is 0 Å². The molecular formula is C17H32O4. The zero-order chi connectivity index (χ0) is 16.5. The van der Waals surface area contributed by atoms with Gasteiger partial charge in [0.25, 0.3) is 0 Å². The summed E-state index contributed by atoms with van der Waals surface area (Å²) < 4.78 is 5.86. The van der Waals surface area contributed by atoms with Crippen LogP contribution < -0.4 is 0 Å². The maximum atomic E-state index is 12.5. The average Bonchev–Trinajstić information content (AvgIpc) is 2.36. The van der Waals surface area contributed by atoms with Gasteiger partial charge >= 0.3 is 5.97 Å². The molecule has 0 aromatic rings. The summed E-state index contributed by atoms with van der Waals surface area (Å²) >= 11 is 0. The van der Waals surface area contributed by atoms with Gasteiger partial charge in [0.2, 0.25) is 0 Å². The third-order valence-corrected chi connectivity index (χ3v) is 5.11. The topological polar surface area (TPSA) is 66.8 Å². The van der Waals surface area contributed by atoms with Crippen LogP contribution in [0, 0.1) is 5.41 Å². The number of ether oxygens (including phenoxy) is 1. The first-order valence-corrected chi connectivity index (χ1v) is 8.11. The van der Waals surface area contributed by atoms with Gasteiger partial charge in [-0.25, -0.2) is 0 Å². The first-order valence-electron chi connectivity index (χ1n) is 8.11. The van der Waals surface area contributed by atoms with Crippen LogP contribution in [0.25, 0.3) is 0 Å². The number of carbonyl (C=O) groups is 1. The van der Waals surface area contributed by atoms with Gasteiger partial charge in [0.15, 0.2) is 0 Å². The molecule has 0 saturated heterocycles. The van der Waals surface area contributed by atoms with Gasteiger partial charge in [-0.1, -0.05) is 20.8 Å². The molecule has 2 N–H and O–H groups in total. The van der Waals surface area contributed by atoms with Crippen molar-refractivity contribution in [1.82, 2.24) is 0 Å². The third-order valence-electron chi connectivity index (χ3n) is 5.11. The Kier molecular flexibility index (Phi) is 5.16. The lowest BCUT2D eigenvalue weighted by Crippen LogP contribution is -2.57. The van der Waals surface area contributed by atoms with E-state index < -0.39 is 22.2 Å². The van der Waals surface area contributed by atoms with E-state index in [1.807, 2.05) is 34.6 Å². The van der Waals surface area contributed by atoms with E-state index in [0.717, 1.165) is 0 Å². The number of aliphatic hydroxyl groups is 2. The molecule has 4 heteroatoms. The molecule has 0 spiro atoms. The van der Waals surface area contributed by atoms with Crippen LogP contribution in [0.4, 0.5) is 0 Å². The second kappa shape index (κ2) is 5.88. The van der Waals surface area contributed by atoms with E-state index >= 15 is 0 Å². The van der Waals surface area contributed by atoms with E-state index in [1.54, 1.807) is 6.92 Å². The lowest BCUT2D eigenvalue weighted by atomic mass is 9.66. The Morgan fingerprint density at radius 1 is 1.10 bits per heavy atom. The highest BCUT2D eigenvalue weighted by molar-refractivity contribution is 5.76. The summed E-state index contributed by atoms with van der Waals surface area (Å²) in [5, 5.41) is 21.2. The average molecular weight is 300 g/mol. The van der Waals surface area contributed by atoms with Gasteiger partial charge < -0.3 is 14.9 Å². The quantitative estimate of drug-likeness (QED) is 0.765. The molecule has 0 heterocycles. The maximum Gasteiger partial charge on any atom is 0.312 e. The first kappa shape index (κ1) is 18.4. The van der Waals surface area contributed by atoms with Crippen molar-refractivity contribution in [2.45, 2.75) is 96.9 Å². The van der Waals surface area contributed by atoms with Crippen LogP contribution in [0.3, 0.4) is 0 Å². The van der Waals surface area contributed by atoms with Gasteiger partial charge in [0.1, 0.15) is 5.60 Å². The second-order valence-electron chi connectivity index (χ2n) is 7.77. The highest BCUT2D eigenvalue weighted by Crippen LogP contribution is 2.47. The van der Waals surface area contributed by atoms with Gasteiger partial charge in [-0.3, -0.25) is 4.79 Å². The Balaban J connectivity index is 3.05. The standard InChI is InChI=1S/C17H32O4/c1-7-14(4,5)13(18)21-17(9-3)11-15(6,19)10-16(20,8-2)12-17/h19-20H,7-12H2,1-6H3.